The Kier molecular flexibility index (Phi) is 7.88. The maximum absolute atomic E-state index is 12.3. The standard InChI is InChI=1S/C27H27N3O6S/c28-24(33)4-2-1-3-11-29-27(37)30-15-5-8-18(21(12-15)26(34)35)25-19-9-6-16(31)13-22(19)36-23-14-17(32)7-10-20(23)25/h5-10,12-14,19,22,31H,1-4,11H2,(H2,28,33)(H,34,35)(H2,29,30,37). The molecule has 0 radical (unpaired) electrons. The first kappa shape index (κ1) is 25.9. The van der Waals surface area contributed by atoms with Crippen molar-refractivity contribution in [3.8, 4) is 0 Å². The van der Waals surface area contributed by atoms with E-state index in [4.69, 9.17) is 22.7 Å². The van der Waals surface area contributed by atoms with E-state index in [2.05, 4.69) is 10.6 Å². The number of aromatic carboxylic acids is 1. The highest BCUT2D eigenvalue weighted by molar-refractivity contribution is 7.80. The van der Waals surface area contributed by atoms with Gasteiger partial charge in [-0.1, -0.05) is 18.6 Å². The number of hydrogen-bond donors (Lipinski definition) is 5. The van der Waals surface area contributed by atoms with Gasteiger partial charge in [0.25, 0.3) is 0 Å². The fourth-order valence-corrected chi connectivity index (χ4v) is 4.71. The molecule has 1 aromatic rings. The van der Waals surface area contributed by atoms with E-state index in [0.717, 1.165) is 19.3 Å². The number of carboxylic acids is 1. The van der Waals surface area contributed by atoms with Crippen molar-refractivity contribution in [2.24, 2.45) is 11.7 Å². The van der Waals surface area contributed by atoms with Crippen molar-refractivity contribution >= 4 is 46.3 Å². The quantitative estimate of drug-likeness (QED) is 0.243. The number of ketones is 1. The number of carboxylic acid groups (broad SMARTS) is 1. The van der Waals surface area contributed by atoms with Gasteiger partial charge in [-0.15, -0.1) is 0 Å². The lowest BCUT2D eigenvalue weighted by molar-refractivity contribution is -0.118. The lowest BCUT2D eigenvalue weighted by Gasteiger charge is -2.36. The van der Waals surface area contributed by atoms with E-state index in [1.165, 1.54) is 18.2 Å². The van der Waals surface area contributed by atoms with Crippen LogP contribution >= 0.6 is 12.2 Å². The molecule has 0 bridgehead atoms. The van der Waals surface area contributed by atoms with Crippen LogP contribution in [0.1, 0.15) is 41.6 Å². The monoisotopic (exact) mass is 521 g/mol. The number of hydrogen-bond acceptors (Lipinski definition) is 6. The second-order valence-electron chi connectivity index (χ2n) is 8.85. The molecule has 2 atom stereocenters. The van der Waals surface area contributed by atoms with Crippen molar-refractivity contribution in [2.45, 2.75) is 31.8 Å². The molecular formula is C27H27N3O6S. The maximum atomic E-state index is 12.3. The van der Waals surface area contributed by atoms with Crippen molar-refractivity contribution < 1.29 is 29.3 Å². The van der Waals surface area contributed by atoms with Gasteiger partial charge in [0.15, 0.2) is 10.9 Å². The molecule has 192 valence electrons. The van der Waals surface area contributed by atoms with Crippen LogP contribution in [0, 0.1) is 5.92 Å². The predicted octanol–water partition coefficient (Wildman–Crippen LogP) is 3.52. The van der Waals surface area contributed by atoms with E-state index >= 15 is 0 Å². The molecule has 1 aromatic carbocycles. The molecule has 9 nitrogen and oxygen atoms in total. The van der Waals surface area contributed by atoms with Gasteiger partial charge in [-0.05, 0) is 72.6 Å². The maximum Gasteiger partial charge on any atom is 0.336 e. The molecule has 0 aromatic heterocycles. The van der Waals surface area contributed by atoms with Crippen LogP contribution in [0.3, 0.4) is 0 Å². The Bertz CT molecular complexity index is 1310. The van der Waals surface area contributed by atoms with Crippen molar-refractivity contribution in [2.75, 3.05) is 11.9 Å². The molecule has 1 heterocycles. The van der Waals surface area contributed by atoms with Crippen LogP contribution in [0.2, 0.25) is 0 Å². The highest BCUT2D eigenvalue weighted by Crippen LogP contribution is 2.45. The number of aliphatic hydroxyl groups excluding tert-OH is 1. The van der Waals surface area contributed by atoms with Gasteiger partial charge >= 0.3 is 5.97 Å². The van der Waals surface area contributed by atoms with Crippen molar-refractivity contribution in [3.63, 3.8) is 0 Å². The van der Waals surface area contributed by atoms with Gasteiger partial charge in [-0.2, -0.15) is 0 Å². The van der Waals surface area contributed by atoms with Gasteiger partial charge in [-0.3, -0.25) is 9.59 Å². The van der Waals surface area contributed by atoms with Crippen molar-refractivity contribution in [3.05, 3.63) is 82.9 Å². The number of carbonyl (C=O) groups excluding carboxylic acids is 2. The molecule has 37 heavy (non-hydrogen) atoms. The van der Waals surface area contributed by atoms with Gasteiger partial charge < -0.3 is 31.3 Å². The highest BCUT2D eigenvalue weighted by Gasteiger charge is 2.37. The van der Waals surface area contributed by atoms with Gasteiger partial charge in [0.05, 0.1) is 5.56 Å². The molecule has 0 fully saturated rings. The first-order valence-corrected chi connectivity index (χ1v) is 12.3. The normalized spacial score (nSPS) is 19.7. The van der Waals surface area contributed by atoms with E-state index in [1.807, 2.05) is 0 Å². The van der Waals surface area contributed by atoms with E-state index in [9.17, 15) is 24.6 Å². The largest absolute Gasteiger partial charge is 0.508 e. The average molecular weight is 522 g/mol. The van der Waals surface area contributed by atoms with E-state index in [1.54, 1.807) is 36.4 Å². The molecule has 2 aliphatic carbocycles. The van der Waals surface area contributed by atoms with E-state index in [-0.39, 0.29) is 28.9 Å². The van der Waals surface area contributed by atoms with Crippen LogP contribution < -0.4 is 16.4 Å². The SMILES string of the molecule is NC(=O)CCCCCNC(=S)Nc1ccc(C2=C3C=CC(=O)C=C3OC3C=C(O)C=CC23)c(C(=O)O)c1. The second kappa shape index (κ2) is 11.3. The highest BCUT2D eigenvalue weighted by atomic mass is 32.1. The second-order valence-corrected chi connectivity index (χ2v) is 9.26. The third kappa shape index (κ3) is 6.15. The predicted molar refractivity (Wildman–Crippen MR) is 143 cm³/mol. The number of unbranched alkanes of at least 4 members (excludes halogenated alkanes) is 2. The zero-order valence-electron chi connectivity index (χ0n) is 19.9. The summed E-state index contributed by atoms with van der Waals surface area (Å²) >= 11 is 5.34. The first-order valence-electron chi connectivity index (χ1n) is 11.9. The van der Waals surface area contributed by atoms with Crippen LogP contribution in [0.4, 0.5) is 5.69 Å². The van der Waals surface area contributed by atoms with Crippen LogP contribution in [0.15, 0.2) is 71.7 Å². The number of aliphatic hydroxyl groups is 1. The molecule has 10 heteroatoms. The number of amides is 1. The molecule has 3 aliphatic rings. The molecule has 2 unspecified atom stereocenters. The number of thiocarbonyl (C=S) groups is 1. The smallest absolute Gasteiger partial charge is 0.336 e. The number of nitrogens with one attached hydrogen (secondary N) is 2. The minimum absolute atomic E-state index is 0.0363. The van der Waals surface area contributed by atoms with Crippen molar-refractivity contribution in [1.29, 1.82) is 0 Å². The third-order valence-corrected chi connectivity index (χ3v) is 6.43. The van der Waals surface area contributed by atoms with E-state index < -0.39 is 12.1 Å². The van der Waals surface area contributed by atoms with Gasteiger partial charge in [0, 0.05) is 36.2 Å². The summed E-state index contributed by atoms with van der Waals surface area (Å²) in [4.78, 5) is 35.1. The fourth-order valence-electron chi connectivity index (χ4n) is 4.49. The Morgan fingerprint density at radius 2 is 1.95 bits per heavy atom. The van der Waals surface area contributed by atoms with Crippen LogP contribution in [0.25, 0.3) is 5.57 Å². The third-order valence-electron chi connectivity index (χ3n) is 6.19. The zero-order valence-corrected chi connectivity index (χ0v) is 20.7. The molecule has 0 spiro atoms. The summed E-state index contributed by atoms with van der Waals surface area (Å²) in [5.41, 5.74) is 7.48. The number of allylic oxidation sites excluding steroid dienone is 4. The van der Waals surface area contributed by atoms with Crippen LogP contribution in [0.5, 0.6) is 0 Å². The van der Waals surface area contributed by atoms with E-state index in [0.29, 0.717) is 46.2 Å². The number of carbonyl (C=O) groups is 3. The topological polar surface area (TPSA) is 151 Å². The summed E-state index contributed by atoms with van der Waals surface area (Å²) in [5.74, 6) is -1.66. The molecular weight excluding hydrogens is 494 g/mol. The summed E-state index contributed by atoms with van der Waals surface area (Å²) in [5, 5.41) is 26.5. The van der Waals surface area contributed by atoms with Gasteiger partial charge in [0.2, 0.25) is 5.91 Å². The number of benzene rings is 1. The summed E-state index contributed by atoms with van der Waals surface area (Å²) in [6, 6.07) is 4.95. The summed E-state index contributed by atoms with van der Waals surface area (Å²) in [7, 11) is 0. The number of primary amides is 1. The number of nitrogens with two attached hydrogens (primary N) is 1. The minimum Gasteiger partial charge on any atom is -0.508 e. The lowest BCUT2D eigenvalue weighted by Crippen LogP contribution is -2.31. The average Bonchev–Trinajstić information content (AvgIpc) is 2.84. The molecule has 6 N–H and O–H groups in total. The Morgan fingerprint density at radius 3 is 2.70 bits per heavy atom. The van der Waals surface area contributed by atoms with Gasteiger partial charge in [-0.25, -0.2) is 4.79 Å². The summed E-state index contributed by atoms with van der Waals surface area (Å²) in [6.07, 6.45) is 11.4. The summed E-state index contributed by atoms with van der Waals surface area (Å²) < 4.78 is 5.97. The number of anilines is 1. The minimum atomic E-state index is -1.12. The Balaban J connectivity index is 1.57. The van der Waals surface area contributed by atoms with Crippen LogP contribution in [-0.2, 0) is 14.3 Å². The fraction of sp³-hybridized carbons (Fsp3) is 0.259. The Hall–Kier alpha value is -4.18. The summed E-state index contributed by atoms with van der Waals surface area (Å²) in [6.45, 7) is 0.598. The van der Waals surface area contributed by atoms with Crippen molar-refractivity contribution in [1.82, 2.24) is 5.32 Å². The number of rotatable bonds is 9. The zero-order chi connectivity index (χ0) is 26.5. The number of ether oxygens (including phenoxy) is 1. The molecule has 1 amide bonds. The Labute approximate surface area is 219 Å². The molecule has 0 saturated heterocycles. The molecule has 1 aliphatic heterocycles. The number of fused-ring (bicyclic) bond motifs is 2. The molecule has 4 rings (SSSR count). The van der Waals surface area contributed by atoms with Crippen LogP contribution in [-0.4, -0.2) is 45.6 Å². The van der Waals surface area contributed by atoms with Gasteiger partial charge in [0.1, 0.15) is 17.6 Å². The Morgan fingerprint density at radius 1 is 1.14 bits per heavy atom. The lowest BCUT2D eigenvalue weighted by atomic mass is 9.77. The first-order chi connectivity index (χ1) is 17.7. The molecule has 0 saturated carbocycles.